The highest BCUT2D eigenvalue weighted by molar-refractivity contribution is 5.91. The van der Waals surface area contributed by atoms with Crippen molar-refractivity contribution in [3.05, 3.63) is 65.7 Å². The first-order chi connectivity index (χ1) is 12.7. The van der Waals surface area contributed by atoms with Crippen molar-refractivity contribution < 1.29 is 15.1 Å². The van der Waals surface area contributed by atoms with Gasteiger partial charge in [-0.25, -0.2) is 5.48 Å². The molecule has 0 atom stereocenters. The molecular weight excluding hydrogens is 330 g/mol. The zero-order valence-corrected chi connectivity index (χ0v) is 14.4. The average Bonchev–Trinajstić information content (AvgIpc) is 2.69. The zero-order valence-electron chi connectivity index (χ0n) is 14.4. The molecule has 0 fully saturated rings. The SMILES string of the molecule is O=C(/C=C/c1ccc(NCCO)c(N=CCCc2ccccc2)c1)NO. The number of aliphatic hydroxyl groups excluding tert-OH is 1. The van der Waals surface area contributed by atoms with Gasteiger partial charge >= 0.3 is 0 Å². The minimum absolute atomic E-state index is 0.0233. The fraction of sp³-hybridized carbons (Fsp3) is 0.200. The monoisotopic (exact) mass is 353 g/mol. The van der Waals surface area contributed by atoms with Crippen molar-refractivity contribution in [1.29, 1.82) is 0 Å². The second-order valence-electron chi connectivity index (χ2n) is 5.57. The second kappa shape index (κ2) is 10.8. The standard InChI is InChI=1S/C20H23N3O3/c24-14-13-22-18-10-8-17(9-11-20(25)23-26)15-19(18)21-12-4-7-16-5-2-1-3-6-16/h1-3,5-6,8-12,15,22,24,26H,4,7,13-14H2,(H,23,25)/b11-9+,21-12?. The molecule has 6 heteroatoms. The number of amides is 1. The number of hydrogen-bond acceptors (Lipinski definition) is 5. The zero-order chi connectivity index (χ0) is 18.6. The summed E-state index contributed by atoms with van der Waals surface area (Å²) in [6.07, 6.45) is 6.39. The molecule has 6 nitrogen and oxygen atoms in total. The van der Waals surface area contributed by atoms with Crippen LogP contribution in [0.15, 0.2) is 59.6 Å². The molecule has 0 spiro atoms. The van der Waals surface area contributed by atoms with E-state index >= 15 is 0 Å². The van der Waals surface area contributed by atoms with E-state index in [1.54, 1.807) is 11.6 Å². The number of aryl methyl sites for hydroxylation is 1. The van der Waals surface area contributed by atoms with E-state index in [4.69, 9.17) is 10.3 Å². The van der Waals surface area contributed by atoms with E-state index in [9.17, 15) is 4.79 Å². The number of anilines is 1. The Morgan fingerprint density at radius 2 is 1.96 bits per heavy atom. The third-order valence-corrected chi connectivity index (χ3v) is 3.62. The fourth-order valence-corrected chi connectivity index (χ4v) is 2.35. The number of carbonyl (C=O) groups is 1. The lowest BCUT2D eigenvalue weighted by atomic mass is 10.1. The summed E-state index contributed by atoms with van der Waals surface area (Å²) in [4.78, 5) is 15.6. The van der Waals surface area contributed by atoms with Crippen molar-refractivity contribution >= 4 is 29.6 Å². The van der Waals surface area contributed by atoms with Crippen LogP contribution in [0.5, 0.6) is 0 Å². The number of nitrogens with one attached hydrogen (secondary N) is 2. The van der Waals surface area contributed by atoms with Crippen LogP contribution in [0.4, 0.5) is 11.4 Å². The van der Waals surface area contributed by atoms with Crippen LogP contribution in [0.25, 0.3) is 6.08 Å². The Balaban J connectivity index is 2.09. The molecule has 0 unspecified atom stereocenters. The van der Waals surface area contributed by atoms with E-state index < -0.39 is 5.91 Å². The van der Waals surface area contributed by atoms with Crippen LogP contribution in [-0.2, 0) is 11.2 Å². The molecule has 26 heavy (non-hydrogen) atoms. The molecule has 0 bridgehead atoms. The lowest BCUT2D eigenvalue weighted by molar-refractivity contribution is -0.124. The first-order valence-electron chi connectivity index (χ1n) is 8.40. The Morgan fingerprint density at radius 1 is 1.15 bits per heavy atom. The highest BCUT2D eigenvalue weighted by Crippen LogP contribution is 2.26. The van der Waals surface area contributed by atoms with Crippen LogP contribution < -0.4 is 10.8 Å². The Bertz CT molecular complexity index is 758. The molecule has 0 aromatic heterocycles. The molecule has 0 aliphatic heterocycles. The number of hydrogen-bond donors (Lipinski definition) is 4. The van der Waals surface area contributed by atoms with Crippen LogP contribution >= 0.6 is 0 Å². The minimum atomic E-state index is -0.597. The van der Waals surface area contributed by atoms with E-state index in [2.05, 4.69) is 22.4 Å². The van der Waals surface area contributed by atoms with Gasteiger partial charge in [0.2, 0.25) is 0 Å². The number of carbonyl (C=O) groups excluding carboxylic acids is 1. The Morgan fingerprint density at radius 3 is 2.69 bits per heavy atom. The van der Waals surface area contributed by atoms with Gasteiger partial charge < -0.3 is 10.4 Å². The maximum atomic E-state index is 11.1. The molecule has 0 radical (unpaired) electrons. The lowest BCUT2D eigenvalue weighted by Gasteiger charge is -2.09. The largest absolute Gasteiger partial charge is 0.395 e. The predicted molar refractivity (Wildman–Crippen MR) is 104 cm³/mol. The van der Waals surface area contributed by atoms with Gasteiger partial charge in [-0.1, -0.05) is 36.4 Å². The van der Waals surface area contributed by atoms with E-state index in [-0.39, 0.29) is 6.61 Å². The summed E-state index contributed by atoms with van der Waals surface area (Å²) in [5.41, 5.74) is 5.11. The lowest BCUT2D eigenvalue weighted by Crippen LogP contribution is -2.14. The van der Waals surface area contributed by atoms with Gasteiger partial charge in [-0.2, -0.15) is 0 Å². The highest BCUT2D eigenvalue weighted by Gasteiger charge is 2.02. The molecule has 2 rings (SSSR count). The Labute approximate surface area is 152 Å². The molecular formula is C20H23N3O3. The highest BCUT2D eigenvalue weighted by atomic mass is 16.5. The van der Waals surface area contributed by atoms with Crippen molar-refractivity contribution in [3.8, 4) is 0 Å². The fourth-order valence-electron chi connectivity index (χ4n) is 2.35. The normalized spacial score (nSPS) is 11.2. The smallest absolute Gasteiger partial charge is 0.267 e. The summed E-state index contributed by atoms with van der Waals surface area (Å²) in [7, 11) is 0. The topological polar surface area (TPSA) is 94.0 Å². The van der Waals surface area contributed by atoms with Gasteiger partial charge in [-0.3, -0.25) is 15.0 Å². The van der Waals surface area contributed by atoms with Crippen LogP contribution in [-0.4, -0.2) is 35.6 Å². The van der Waals surface area contributed by atoms with Gasteiger partial charge in [0.15, 0.2) is 0 Å². The molecule has 0 saturated heterocycles. The minimum Gasteiger partial charge on any atom is -0.395 e. The summed E-state index contributed by atoms with van der Waals surface area (Å²) in [5.74, 6) is -0.597. The number of nitrogens with zero attached hydrogens (tertiary/aromatic N) is 1. The number of hydroxylamine groups is 1. The quantitative estimate of drug-likeness (QED) is 0.241. The van der Waals surface area contributed by atoms with Gasteiger partial charge in [0.25, 0.3) is 5.91 Å². The van der Waals surface area contributed by atoms with E-state index in [1.165, 1.54) is 11.6 Å². The summed E-state index contributed by atoms with van der Waals surface area (Å²) in [6.45, 7) is 0.449. The number of rotatable bonds is 9. The maximum Gasteiger partial charge on any atom is 0.267 e. The second-order valence-corrected chi connectivity index (χ2v) is 5.57. The third-order valence-electron chi connectivity index (χ3n) is 3.62. The van der Waals surface area contributed by atoms with E-state index in [1.807, 2.05) is 42.6 Å². The first-order valence-corrected chi connectivity index (χ1v) is 8.40. The summed E-state index contributed by atoms with van der Waals surface area (Å²) < 4.78 is 0. The third kappa shape index (κ3) is 6.51. The molecule has 0 heterocycles. The predicted octanol–water partition coefficient (Wildman–Crippen LogP) is 2.94. The van der Waals surface area contributed by atoms with Crippen molar-refractivity contribution in [2.75, 3.05) is 18.5 Å². The van der Waals surface area contributed by atoms with E-state index in [0.717, 1.165) is 29.8 Å². The van der Waals surface area contributed by atoms with Crippen LogP contribution in [0, 0.1) is 0 Å². The molecule has 1 amide bonds. The molecule has 0 aliphatic carbocycles. The van der Waals surface area contributed by atoms with Crippen LogP contribution in [0.1, 0.15) is 17.5 Å². The Kier molecular flexibility index (Phi) is 8.05. The Hall–Kier alpha value is -2.96. The van der Waals surface area contributed by atoms with Crippen molar-refractivity contribution in [2.24, 2.45) is 4.99 Å². The molecule has 136 valence electrons. The summed E-state index contributed by atoms with van der Waals surface area (Å²) in [5, 5.41) is 20.7. The molecule has 2 aromatic carbocycles. The molecule has 2 aromatic rings. The number of aliphatic imine (C=N–C) groups is 1. The number of benzene rings is 2. The molecule has 4 N–H and O–H groups in total. The van der Waals surface area contributed by atoms with Crippen molar-refractivity contribution in [2.45, 2.75) is 12.8 Å². The average molecular weight is 353 g/mol. The van der Waals surface area contributed by atoms with Gasteiger partial charge in [0.1, 0.15) is 0 Å². The molecule has 0 aliphatic rings. The van der Waals surface area contributed by atoms with Gasteiger partial charge in [-0.05, 0) is 42.2 Å². The van der Waals surface area contributed by atoms with Gasteiger partial charge in [0, 0.05) is 18.8 Å². The van der Waals surface area contributed by atoms with Crippen LogP contribution in [0.3, 0.4) is 0 Å². The van der Waals surface area contributed by atoms with Crippen molar-refractivity contribution in [3.63, 3.8) is 0 Å². The van der Waals surface area contributed by atoms with Crippen LogP contribution in [0.2, 0.25) is 0 Å². The van der Waals surface area contributed by atoms with Gasteiger partial charge in [-0.15, -0.1) is 0 Å². The summed E-state index contributed by atoms with van der Waals surface area (Å²) in [6, 6.07) is 15.7. The van der Waals surface area contributed by atoms with Crippen molar-refractivity contribution in [1.82, 2.24) is 5.48 Å². The molecule has 0 saturated carbocycles. The summed E-state index contributed by atoms with van der Waals surface area (Å²) >= 11 is 0. The number of aliphatic hydroxyl groups is 1. The van der Waals surface area contributed by atoms with E-state index in [0.29, 0.717) is 6.54 Å². The maximum absolute atomic E-state index is 11.1. The first kappa shape index (κ1) is 19.4. The van der Waals surface area contributed by atoms with Gasteiger partial charge in [0.05, 0.1) is 18.0 Å².